The first-order valence-electron chi connectivity index (χ1n) is 28.6. The van der Waals surface area contributed by atoms with Crippen LogP contribution in [0.15, 0.2) is 85.1 Å². The van der Waals surface area contributed by atoms with Gasteiger partial charge in [0.2, 0.25) is 0 Å². The van der Waals surface area contributed by atoms with Crippen molar-refractivity contribution in [2.24, 2.45) is 0 Å². The molecule has 390 valence electrons. The number of carbonyl (C=O) groups excluding carboxylic acids is 3. The van der Waals surface area contributed by atoms with Gasteiger partial charge in [-0.3, -0.25) is 14.4 Å². The number of ether oxygens (including phenoxy) is 3. The van der Waals surface area contributed by atoms with E-state index in [9.17, 15) is 14.4 Å². The summed E-state index contributed by atoms with van der Waals surface area (Å²) in [6.45, 7) is 6.54. The maximum atomic E-state index is 12.8. The normalized spacial score (nSPS) is 12.7. The smallest absolute Gasteiger partial charge is 0.306 e. The van der Waals surface area contributed by atoms with Crippen molar-refractivity contribution in [1.82, 2.24) is 0 Å². The molecule has 1 unspecified atom stereocenters. The predicted octanol–water partition coefficient (Wildman–Crippen LogP) is 19.2. The standard InChI is InChI=1S/C62H106O6/c1-4-7-10-13-16-19-22-25-28-31-34-37-40-43-46-49-52-55-61(64)67-58-59(57-66-60(63)54-51-48-45-42-39-36-33-30-27-24-21-18-15-12-9-6-3)68-62(65)56-53-50-47-44-41-38-35-32-29-26-23-20-17-14-11-8-5-2/h25-26,28-30,33-35,37-38,43-44,46-47,59H,4-24,27,31-32,36,39-42,45,48-58H2,1-3H3/b28-25-,29-26-,33-30-,37-34-,38-35-,46-43-,47-44-. The first-order chi connectivity index (χ1) is 33.5. The largest absolute Gasteiger partial charge is 0.462 e. The van der Waals surface area contributed by atoms with Gasteiger partial charge in [0.25, 0.3) is 0 Å². The molecule has 6 heteroatoms. The van der Waals surface area contributed by atoms with Crippen LogP contribution in [-0.2, 0) is 28.6 Å². The molecule has 0 aliphatic rings. The second kappa shape index (κ2) is 56.2. The molecule has 0 saturated heterocycles. The quantitative estimate of drug-likeness (QED) is 0.0262. The van der Waals surface area contributed by atoms with Crippen LogP contribution >= 0.6 is 0 Å². The molecule has 0 aromatic carbocycles. The van der Waals surface area contributed by atoms with Gasteiger partial charge in [-0.1, -0.05) is 228 Å². The van der Waals surface area contributed by atoms with Gasteiger partial charge in [-0.25, -0.2) is 0 Å². The average Bonchev–Trinajstić information content (AvgIpc) is 3.34. The lowest BCUT2D eigenvalue weighted by atomic mass is 10.1. The van der Waals surface area contributed by atoms with Gasteiger partial charge in [-0.15, -0.1) is 0 Å². The Bertz CT molecular complexity index is 1320. The van der Waals surface area contributed by atoms with Crippen LogP contribution < -0.4 is 0 Å². The summed E-state index contributed by atoms with van der Waals surface area (Å²) in [5.41, 5.74) is 0. The first-order valence-corrected chi connectivity index (χ1v) is 28.6. The van der Waals surface area contributed by atoms with E-state index < -0.39 is 6.10 Å². The topological polar surface area (TPSA) is 78.9 Å². The number of carbonyl (C=O) groups is 3. The third-order valence-electron chi connectivity index (χ3n) is 12.1. The monoisotopic (exact) mass is 947 g/mol. The molecule has 0 aliphatic heterocycles. The number of rotatable bonds is 51. The van der Waals surface area contributed by atoms with Crippen LogP contribution in [0, 0.1) is 0 Å². The Morgan fingerprint density at radius 3 is 0.897 bits per heavy atom. The summed E-state index contributed by atoms with van der Waals surface area (Å²) < 4.78 is 16.8. The molecule has 0 rings (SSSR count). The van der Waals surface area contributed by atoms with Crippen molar-refractivity contribution in [3.05, 3.63) is 85.1 Å². The van der Waals surface area contributed by atoms with Gasteiger partial charge in [-0.2, -0.15) is 0 Å². The van der Waals surface area contributed by atoms with E-state index in [0.29, 0.717) is 19.3 Å². The molecular formula is C62H106O6. The highest BCUT2D eigenvalue weighted by atomic mass is 16.6. The third-order valence-corrected chi connectivity index (χ3v) is 12.1. The van der Waals surface area contributed by atoms with Gasteiger partial charge < -0.3 is 14.2 Å². The molecule has 0 saturated carbocycles. The highest BCUT2D eigenvalue weighted by molar-refractivity contribution is 5.71. The molecule has 0 aromatic heterocycles. The Hall–Kier alpha value is -3.41. The summed E-state index contributed by atoms with van der Waals surface area (Å²) in [5, 5.41) is 0. The minimum Gasteiger partial charge on any atom is -0.462 e. The van der Waals surface area contributed by atoms with Gasteiger partial charge >= 0.3 is 17.9 Å². The van der Waals surface area contributed by atoms with E-state index in [1.54, 1.807) is 0 Å². The molecule has 0 aliphatic carbocycles. The van der Waals surface area contributed by atoms with E-state index in [2.05, 4.69) is 106 Å². The molecule has 0 radical (unpaired) electrons. The highest BCUT2D eigenvalue weighted by Gasteiger charge is 2.19. The summed E-state index contributed by atoms with van der Waals surface area (Å²) in [7, 11) is 0. The zero-order chi connectivity index (χ0) is 49.3. The van der Waals surface area contributed by atoms with Gasteiger partial charge in [0.15, 0.2) is 6.10 Å². The van der Waals surface area contributed by atoms with Crippen molar-refractivity contribution in [3.8, 4) is 0 Å². The van der Waals surface area contributed by atoms with Crippen LogP contribution in [0.5, 0.6) is 0 Å². The number of allylic oxidation sites excluding steroid dienone is 14. The van der Waals surface area contributed by atoms with Crippen LogP contribution in [0.2, 0.25) is 0 Å². The van der Waals surface area contributed by atoms with E-state index in [0.717, 1.165) is 70.6 Å². The summed E-state index contributed by atoms with van der Waals surface area (Å²) >= 11 is 0. The Morgan fingerprint density at radius 2 is 0.544 bits per heavy atom. The van der Waals surface area contributed by atoms with Crippen LogP contribution in [0.1, 0.15) is 271 Å². The lowest BCUT2D eigenvalue weighted by Crippen LogP contribution is -2.30. The Kier molecular flexibility index (Phi) is 53.4. The summed E-state index contributed by atoms with van der Waals surface area (Å²) in [5.74, 6) is -1.03. The van der Waals surface area contributed by atoms with Crippen LogP contribution in [0.25, 0.3) is 0 Å². The zero-order valence-electron chi connectivity index (χ0n) is 44.6. The van der Waals surface area contributed by atoms with Gasteiger partial charge in [0.1, 0.15) is 13.2 Å². The van der Waals surface area contributed by atoms with Crippen LogP contribution in [0.3, 0.4) is 0 Å². The van der Waals surface area contributed by atoms with Gasteiger partial charge in [-0.05, 0) is 109 Å². The Morgan fingerprint density at radius 1 is 0.294 bits per heavy atom. The maximum Gasteiger partial charge on any atom is 0.306 e. The fourth-order valence-electron chi connectivity index (χ4n) is 7.76. The molecule has 6 nitrogen and oxygen atoms in total. The molecule has 0 aromatic rings. The van der Waals surface area contributed by atoms with Crippen molar-refractivity contribution in [2.45, 2.75) is 277 Å². The van der Waals surface area contributed by atoms with E-state index in [1.165, 1.54) is 148 Å². The van der Waals surface area contributed by atoms with Gasteiger partial charge in [0.05, 0.1) is 0 Å². The van der Waals surface area contributed by atoms with E-state index >= 15 is 0 Å². The molecule has 0 heterocycles. The van der Waals surface area contributed by atoms with Crippen molar-refractivity contribution in [2.75, 3.05) is 13.2 Å². The molecule has 0 spiro atoms. The summed E-state index contributed by atoms with van der Waals surface area (Å²) in [6.07, 6.45) is 73.0. The van der Waals surface area contributed by atoms with Crippen molar-refractivity contribution >= 4 is 17.9 Å². The van der Waals surface area contributed by atoms with Crippen LogP contribution in [0.4, 0.5) is 0 Å². The third kappa shape index (κ3) is 53.5. The molecule has 0 N–H and O–H groups in total. The van der Waals surface area contributed by atoms with Gasteiger partial charge in [0, 0.05) is 19.3 Å². The molecule has 0 bridgehead atoms. The Labute approximate surface area is 420 Å². The Balaban J connectivity index is 4.55. The molecule has 68 heavy (non-hydrogen) atoms. The highest BCUT2D eigenvalue weighted by Crippen LogP contribution is 2.13. The molecule has 0 amide bonds. The first kappa shape index (κ1) is 64.6. The van der Waals surface area contributed by atoms with E-state index in [1.807, 2.05) is 0 Å². The second-order valence-corrected chi connectivity index (χ2v) is 18.8. The van der Waals surface area contributed by atoms with Crippen molar-refractivity contribution < 1.29 is 28.6 Å². The van der Waals surface area contributed by atoms with Crippen LogP contribution in [-0.4, -0.2) is 37.2 Å². The predicted molar refractivity (Wildman–Crippen MR) is 293 cm³/mol. The fraction of sp³-hybridized carbons (Fsp3) is 0.726. The molecular weight excluding hydrogens is 841 g/mol. The van der Waals surface area contributed by atoms with Crippen molar-refractivity contribution in [3.63, 3.8) is 0 Å². The minimum atomic E-state index is -0.827. The summed E-state index contributed by atoms with van der Waals surface area (Å²) in [6, 6.07) is 0. The second-order valence-electron chi connectivity index (χ2n) is 18.8. The molecule has 0 fully saturated rings. The SMILES string of the molecule is CCCCCCCC/C=C\C/C=C\C/C=C\CCCC(=O)OCC(COC(=O)CCCCCCC/C=C\CCCCCCCCC)OC(=O)CCC/C=C\C/C=C\C/C=C\CCCCCCCC. The zero-order valence-corrected chi connectivity index (χ0v) is 44.6. The lowest BCUT2D eigenvalue weighted by Gasteiger charge is -2.18. The van der Waals surface area contributed by atoms with E-state index in [4.69, 9.17) is 14.2 Å². The van der Waals surface area contributed by atoms with Crippen molar-refractivity contribution in [1.29, 1.82) is 0 Å². The number of hydrogen-bond acceptors (Lipinski definition) is 6. The lowest BCUT2D eigenvalue weighted by molar-refractivity contribution is -0.167. The average molecular weight is 948 g/mol. The van der Waals surface area contributed by atoms with E-state index in [-0.39, 0.29) is 44.0 Å². The molecule has 1 atom stereocenters. The maximum absolute atomic E-state index is 12.8. The minimum absolute atomic E-state index is 0.116. The summed E-state index contributed by atoms with van der Waals surface area (Å²) in [4.78, 5) is 38.1. The number of esters is 3. The fourth-order valence-corrected chi connectivity index (χ4v) is 7.76. The number of hydrogen-bond donors (Lipinski definition) is 0. The number of unbranched alkanes of at least 4 members (excludes halogenated alkanes) is 26.